The smallest absolute Gasteiger partial charge is 0.305 e. The monoisotopic (exact) mass is 323 g/mol. The Kier molecular flexibility index (Phi) is 6.27. The molecule has 6 heteroatoms. The van der Waals surface area contributed by atoms with E-state index >= 15 is 0 Å². The maximum Gasteiger partial charge on any atom is 0.305 e. The number of thioether (sulfide) groups is 1. The third-order valence-corrected chi connectivity index (χ3v) is 4.49. The number of carboxylic acid groups (broad SMARTS) is 1. The number of benzene rings is 1. The van der Waals surface area contributed by atoms with E-state index in [1.54, 1.807) is 11.8 Å². The summed E-state index contributed by atoms with van der Waals surface area (Å²) in [6.45, 7) is 1.11. The second-order valence-corrected chi connectivity index (χ2v) is 6.23. The van der Waals surface area contributed by atoms with Gasteiger partial charge in [0.05, 0.1) is 25.0 Å². The molecular formula is C16H21NO4S. The maximum atomic E-state index is 12.3. The molecule has 0 bridgehead atoms. The lowest BCUT2D eigenvalue weighted by Crippen LogP contribution is -2.38. The molecule has 5 nitrogen and oxygen atoms in total. The van der Waals surface area contributed by atoms with E-state index in [-0.39, 0.29) is 18.2 Å². The van der Waals surface area contributed by atoms with E-state index in [0.29, 0.717) is 13.2 Å². The zero-order valence-corrected chi connectivity index (χ0v) is 13.4. The number of amides is 1. The van der Waals surface area contributed by atoms with E-state index in [1.165, 1.54) is 0 Å². The lowest BCUT2D eigenvalue weighted by Gasteiger charge is -2.24. The van der Waals surface area contributed by atoms with E-state index in [1.807, 2.05) is 30.5 Å². The molecule has 2 unspecified atom stereocenters. The Bertz CT molecular complexity index is 511. The second kappa shape index (κ2) is 8.19. The standard InChI is InChI=1S/C16H21NO4S/c1-22-13-6-4-11(5-7-13)14(9-15(18)19)17-16(20)12-3-2-8-21-10-12/h4-7,12,14H,2-3,8-10H2,1H3,(H,17,20)(H,18,19). The van der Waals surface area contributed by atoms with Gasteiger partial charge in [0.1, 0.15) is 0 Å². The normalized spacial score (nSPS) is 19.4. The number of carbonyl (C=O) groups excluding carboxylic acids is 1. The average Bonchev–Trinajstić information content (AvgIpc) is 2.54. The van der Waals surface area contributed by atoms with Crippen molar-refractivity contribution in [1.29, 1.82) is 0 Å². The van der Waals surface area contributed by atoms with Crippen LogP contribution in [0.5, 0.6) is 0 Å². The summed E-state index contributed by atoms with van der Waals surface area (Å²) in [4.78, 5) is 24.5. The second-order valence-electron chi connectivity index (χ2n) is 5.35. The average molecular weight is 323 g/mol. The third-order valence-electron chi connectivity index (χ3n) is 3.74. The molecule has 22 heavy (non-hydrogen) atoms. The fraction of sp³-hybridized carbons (Fsp3) is 0.500. The first kappa shape index (κ1) is 16.8. The quantitative estimate of drug-likeness (QED) is 0.787. The molecule has 1 aliphatic rings. The van der Waals surface area contributed by atoms with Crippen LogP contribution >= 0.6 is 11.8 Å². The number of rotatable bonds is 6. The first-order valence-electron chi connectivity index (χ1n) is 7.34. The SMILES string of the molecule is CSc1ccc(C(CC(=O)O)NC(=O)C2CCCOC2)cc1. The van der Waals surface area contributed by atoms with Gasteiger partial charge in [-0.25, -0.2) is 0 Å². The fourth-order valence-corrected chi connectivity index (χ4v) is 2.91. The van der Waals surface area contributed by atoms with E-state index in [4.69, 9.17) is 9.84 Å². The van der Waals surface area contributed by atoms with Crippen molar-refractivity contribution in [2.75, 3.05) is 19.5 Å². The van der Waals surface area contributed by atoms with Crippen molar-refractivity contribution in [3.05, 3.63) is 29.8 Å². The minimum Gasteiger partial charge on any atom is -0.481 e. The minimum absolute atomic E-state index is 0.125. The van der Waals surface area contributed by atoms with Gasteiger partial charge in [-0.1, -0.05) is 12.1 Å². The van der Waals surface area contributed by atoms with Crippen molar-refractivity contribution in [1.82, 2.24) is 5.32 Å². The maximum absolute atomic E-state index is 12.3. The molecular weight excluding hydrogens is 302 g/mol. The van der Waals surface area contributed by atoms with Crippen molar-refractivity contribution in [2.24, 2.45) is 5.92 Å². The Hall–Kier alpha value is -1.53. The van der Waals surface area contributed by atoms with Crippen molar-refractivity contribution in [2.45, 2.75) is 30.2 Å². The van der Waals surface area contributed by atoms with Crippen LogP contribution < -0.4 is 5.32 Å². The molecule has 1 aromatic carbocycles. The van der Waals surface area contributed by atoms with Crippen molar-refractivity contribution in [3.8, 4) is 0 Å². The van der Waals surface area contributed by atoms with Gasteiger partial charge >= 0.3 is 5.97 Å². The van der Waals surface area contributed by atoms with Crippen LogP contribution in [0.15, 0.2) is 29.2 Å². The van der Waals surface area contributed by atoms with Crippen molar-refractivity contribution in [3.63, 3.8) is 0 Å². The summed E-state index contributed by atoms with van der Waals surface area (Å²) < 4.78 is 5.32. The molecule has 2 atom stereocenters. The minimum atomic E-state index is -0.931. The molecule has 1 heterocycles. The number of ether oxygens (including phenoxy) is 1. The molecule has 1 fully saturated rings. The molecule has 120 valence electrons. The van der Waals surface area contributed by atoms with E-state index in [2.05, 4.69) is 5.32 Å². The highest BCUT2D eigenvalue weighted by atomic mass is 32.2. The van der Waals surface area contributed by atoms with Gasteiger partial charge in [-0.05, 0) is 36.8 Å². The van der Waals surface area contributed by atoms with Gasteiger partial charge in [0.15, 0.2) is 0 Å². The Morgan fingerprint density at radius 1 is 1.41 bits per heavy atom. The molecule has 1 aromatic rings. The number of nitrogens with one attached hydrogen (secondary N) is 1. The Balaban J connectivity index is 2.07. The highest BCUT2D eigenvalue weighted by Gasteiger charge is 2.25. The van der Waals surface area contributed by atoms with Gasteiger partial charge in [-0.3, -0.25) is 9.59 Å². The predicted octanol–water partition coefficient (Wildman–Crippen LogP) is 2.47. The van der Waals surface area contributed by atoms with Gasteiger partial charge < -0.3 is 15.2 Å². The zero-order valence-electron chi connectivity index (χ0n) is 12.6. The first-order valence-corrected chi connectivity index (χ1v) is 8.56. The number of hydrogen-bond acceptors (Lipinski definition) is 4. The number of carbonyl (C=O) groups is 2. The lowest BCUT2D eigenvalue weighted by atomic mass is 9.98. The summed E-state index contributed by atoms with van der Waals surface area (Å²) >= 11 is 1.62. The van der Waals surface area contributed by atoms with Crippen LogP contribution in [0.2, 0.25) is 0 Å². The molecule has 0 radical (unpaired) electrons. The van der Waals surface area contributed by atoms with Crippen LogP contribution in [0, 0.1) is 5.92 Å². The molecule has 0 saturated carbocycles. The molecule has 1 saturated heterocycles. The zero-order chi connectivity index (χ0) is 15.9. The molecule has 2 rings (SSSR count). The van der Waals surface area contributed by atoms with E-state index in [0.717, 1.165) is 23.3 Å². The van der Waals surface area contributed by atoms with E-state index in [9.17, 15) is 9.59 Å². The van der Waals surface area contributed by atoms with Crippen LogP contribution in [-0.4, -0.2) is 36.5 Å². The molecule has 0 aromatic heterocycles. The first-order chi connectivity index (χ1) is 10.6. The Morgan fingerprint density at radius 3 is 2.68 bits per heavy atom. The molecule has 2 N–H and O–H groups in total. The van der Waals surface area contributed by atoms with Crippen molar-refractivity contribution < 1.29 is 19.4 Å². The molecule has 0 aliphatic carbocycles. The lowest BCUT2D eigenvalue weighted by molar-refractivity contribution is -0.138. The van der Waals surface area contributed by atoms with Crippen LogP contribution in [0.1, 0.15) is 30.9 Å². The Morgan fingerprint density at radius 2 is 2.14 bits per heavy atom. The van der Waals surface area contributed by atoms with E-state index < -0.39 is 12.0 Å². The van der Waals surface area contributed by atoms with Gasteiger partial charge in [0.2, 0.25) is 5.91 Å². The summed E-state index contributed by atoms with van der Waals surface area (Å²) in [5.74, 6) is -1.24. The summed E-state index contributed by atoms with van der Waals surface area (Å²) in [5, 5.41) is 12.0. The van der Waals surface area contributed by atoms with Gasteiger partial charge in [0.25, 0.3) is 0 Å². The van der Waals surface area contributed by atoms with Crippen LogP contribution in [0.25, 0.3) is 0 Å². The predicted molar refractivity (Wildman–Crippen MR) is 84.9 cm³/mol. The number of carboxylic acids is 1. The topological polar surface area (TPSA) is 75.6 Å². The summed E-state index contributed by atoms with van der Waals surface area (Å²) in [7, 11) is 0. The van der Waals surface area contributed by atoms with Gasteiger partial charge in [-0.2, -0.15) is 0 Å². The van der Waals surface area contributed by atoms with Gasteiger partial charge in [-0.15, -0.1) is 11.8 Å². The molecule has 0 spiro atoms. The number of aliphatic carboxylic acids is 1. The molecule has 1 aliphatic heterocycles. The van der Waals surface area contributed by atoms with Crippen LogP contribution in [0.3, 0.4) is 0 Å². The summed E-state index contributed by atoms with van der Waals surface area (Å²) in [6, 6.07) is 7.10. The third kappa shape index (κ3) is 4.74. The fourth-order valence-electron chi connectivity index (χ4n) is 2.50. The molecule has 1 amide bonds. The summed E-state index contributed by atoms with van der Waals surface area (Å²) in [6.07, 6.45) is 3.51. The van der Waals surface area contributed by atoms with Crippen LogP contribution in [0.4, 0.5) is 0 Å². The summed E-state index contributed by atoms with van der Waals surface area (Å²) in [5.41, 5.74) is 0.810. The van der Waals surface area contributed by atoms with Crippen LogP contribution in [-0.2, 0) is 14.3 Å². The highest BCUT2D eigenvalue weighted by Crippen LogP contribution is 2.23. The van der Waals surface area contributed by atoms with Crippen molar-refractivity contribution >= 4 is 23.6 Å². The number of hydrogen-bond donors (Lipinski definition) is 2. The largest absolute Gasteiger partial charge is 0.481 e. The van der Waals surface area contributed by atoms with Gasteiger partial charge in [0, 0.05) is 11.5 Å². The highest BCUT2D eigenvalue weighted by molar-refractivity contribution is 7.98. The Labute approximate surface area is 134 Å².